The molecule has 1 unspecified atom stereocenters. The number of nitrogens with one attached hydrogen (secondary N) is 1. The maximum atomic E-state index is 11.4. The van der Waals surface area contributed by atoms with E-state index < -0.39 is 11.5 Å². The van der Waals surface area contributed by atoms with Crippen molar-refractivity contribution in [1.82, 2.24) is 10.2 Å². The Labute approximate surface area is 112 Å². The molecule has 4 heteroatoms. The summed E-state index contributed by atoms with van der Waals surface area (Å²) >= 11 is 0. The molecule has 0 spiro atoms. The molecule has 0 amide bonds. The van der Waals surface area contributed by atoms with E-state index in [9.17, 15) is 9.90 Å². The van der Waals surface area contributed by atoms with Gasteiger partial charge in [0.15, 0.2) is 0 Å². The molecule has 0 aromatic carbocycles. The highest BCUT2D eigenvalue weighted by Crippen LogP contribution is 2.16. The van der Waals surface area contributed by atoms with Gasteiger partial charge in [0, 0.05) is 13.1 Å². The SMILES string of the molecule is CCN(CC)CCNC(C)(CCC(C)C)C(=O)O. The topological polar surface area (TPSA) is 52.6 Å². The van der Waals surface area contributed by atoms with Crippen molar-refractivity contribution in [3.8, 4) is 0 Å². The van der Waals surface area contributed by atoms with Crippen molar-refractivity contribution in [2.45, 2.75) is 53.0 Å². The lowest BCUT2D eigenvalue weighted by molar-refractivity contribution is -0.144. The van der Waals surface area contributed by atoms with E-state index in [0.29, 0.717) is 12.3 Å². The number of carboxylic acids is 1. The van der Waals surface area contributed by atoms with E-state index in [1.165, 1.54) is 0 Å². The molecule has 0 saturated carbocycles. The van der Waals surface area contributed by atoms with Crippen LogP contribution < -0.4 is 5.32 Å². The molecule has 0 fully saturated rings. The molecule has 2 N–H and O–H groups in total. The standard InChI is InChI=1S/C14H30N2O2/c1-6-16(7-2)11-10-15-14(5,13(17)18)9-8-12(3)4/h12,15H,6-11H2,1-5H3,(H,17,18). The highest BCUT2D eigenvalue weighted by molar-refractivity contribution is 5.78. The Hall–Kier alpha value is -0.610. The summed E-state index contributed by atoms with van der Waals surface area (Å²) in [7, 11) is 0. The first-order chi connectivity index (χ1) is 8.35. The quantitative estimate of drug-likeness (QED) is 0.631. The number of aliphatic carboxylic acids is 1. The van der Waals surface area contributed by atoms with Crippen LogP contribution in [0, 0.1) is 5.92 Å². The monoisotopic (exact) mass is 258 g/mol. The van der Waals surface area contributed by atoms with E-state index in [2.05, 4.69) is 37.9 Å². The summed E-state index contributed by atoms with van der Waals surface area (Å²) in [6, 6.07) is 0. The van der Waals surface area contributed by atoms with Gasteiger partial charge in [-0.15, -0.1) is 0 Å². The van der Waals surface area contributed by atoms with Crippen LogP contribution >= 0.6 is 0 Å². The second-order valence-corrected chi connectivity index (χ2v) is 5.52. The van der Waals surface area contributed by atoms with E-state index in [0.717, 1.165) is 32.6 Å². The molecule has 0 aromatic rings. The Bertz CT molecular complexity index is 240. The predicted molar refractivity (Wildman–Crippen MR) is 75.9 cm³/mol. The Morgan fingerprint density at radius 3 is 2.28 bits per heavy atom. The number of carboxylic acid groups (broad SMARTS) is 1. The van der Waals surface area contributed by atoms with Gasteiger partial charge in [0.05, 0.1) is 0 Å². The van der Waals surface area contributed by atoms with Crippen LogP contribution in [-0.2, 0) is 4.79 Å². The molecule has 1 atom stereocenters. The number of hydrogen-bond donors (Lipinski definition) is 2. The molecule has 108 valence electrons. The van der Waals surface area contributed by atoms with Crippen LogP contribution in [0.25, 0.3) is 0 Å². The predicted octanol–water partition coefficient (Wildman–Crippen LogP) is 2.20. The summed E-state index contributed by atoms with van der Waals surface area (Å²) in [6.07, 6.45) is 1.61. The third-order valence-corrected chi connectivity index (χ3v) is 3.53. The van der Waals surface area contributed by atoms with E-state index in [1.54, 1.807) is 6.92 Å². The average molecular weight is 258 g/mol. The summed E-state index contributed by atoms with van der Waals surface area (Å²) in [5, 5.41) is 12.6. The molecular formula is C14H30N2O2. The highest BCUT2D eigenvalue weighted by atomic mass is 16.4. The summed E-state index contributed by atoms with van der Waals surface area (Å²) in [4.78, 5) is 13.7. The minimum Gasteiger partial charge on any atom is -0.480 e. The minimum atomic E-state index is -0.794. The Morgan fingerprint density at radius 1 is 1.33 bits per heavy atom. The Kier molecular flexibility index (Phi) is 8.20. The van der Waals surface area contributed by atoms with Crippen LogP contribution in [0.3, 0.4) is 0 Å². The van der Waals surface area contributed by atoms with Gasteiger partial charge in [0.2, 0.25) is 0 Å². The summed E-state index contributed by atoms with van der Waals surface area (Å²) in [5.41, 5.74) is -0.794. The van der Waals surface area contributed by atoms with Gasteiger partial charge in [0.25, 0.3) is 0 Å². The summed E-state index contributed by atoms with van der Waals surface area (Å²) in [5.74, 6) is -0.212. The minimum absolute atomic E-state index is 0.535. The number of hydrogen-bond acceptors (Lipinski definition) is 3. The first-order valence-corrected chi connectivity index (χ1v) is 7.06. The fourth-order valence-electron chi connectivity index (χ4n) is 1.88. The van der Waals surface area contributed by atoms with Gasteiger partial charge in [0.1, 0.15) is 5.54 Å². The highest BCUT2D eigenvalue weighted by Gasteiger charge is 2.32. The Morgan fingerprint density at radius 2 is 1.89 bits per heavy atom. The summed E-state index contributed by atoms with van der Waals surface area (Å²) in [6.45, 7) is 13.9. The molecule has 0 saturated heterocycles. The molecule has 0 aliphatic heterocycles. The lowest BCUT2D eigenvalue weighted by Crippen LogP contribution is -2.51. The largest absolute Gasteiger partial charge is 0.480 e. The van der Waals surface area contributed by atoms with Crippen molar-refractivity contribution in [3.05, 3.63) is 0 Å². The number of carbonyl (C=O) groups is 1. The van der Waals surface area contributed by atoms with Gasteiger partial charge in [-0.3, -0.25) is 4.79 Å². The van der Waals surface area contributed by atoms with Crippen molar-refractivity contribution in [2.24, 2.45) is 5.92 Å². The first kappa shape index (κ1) is 17.4. The van der Waals surface area contributed by atoms with Gasteiger partial charge in [-0.2, -0.15) is 0 Å². The van der Waals surface area contributed by atoms with Crippen LogP contribution in [0.5, 0.6) is 0 Å². The zero-order valence-corrected chi connectivity index (χ0v) is 12.6. The fourth-order valence-corrected chi connectivity index (χ4v) is 1.88. The van der Waals surface area contributed by atoms with E-state index in [-0.39, 0.29) is 0 Å². The van der Waals surface area contributed by atoms with Crippen molar-refractivity contribution < 1.29 is 9.90 Å². The van der Waals surface area contributed by atoms with E-state index >= 15 is 0 Å². The van der Waals surface area contributed by atoms with Gasteiger partial charge >= 0.3 is 5.97 Å². The van der Waals surface area contributed by atoms with Gasteiger partial charge in [-0.05, 0) is 38.8 Å². The molecule has 0 radical (unpaired) electrons. The van der Waals surface area contributed by atoms with Crippen LogP contribution in [0.2, 0.25) is 0 Å². The van der Waals surface area contributed by atoms with Crippen LogP contribution in [0.15, 0.2) is 0 Å². The van der Waals surface area contributed by atoms with Crippen molar-refractivity contribution in [2.75, 3.05) is 26.2 Å². The van der Waals surface area contributed by atoms with E-state index in [1.807, 2.05) is 0 Å². The van der Waals surface area contributed by atoms with Crippen LogP contribution in [-0.4, -0.2) is 47.7 Å². The number of rotatable bonds is 10. The van der Waals surface area contributed by atoms with Gasteiger partial charge in [-0.1, -0.05) is 27.7 Å². The third kappa shape index (κ3) is 6.36. The summed E-state index contributed by atoms with van der Waals surface area (Å²) < 4.78 is 0. The van der Waals surface area contributed by atoms with E-state index in [4.69, 9.17) is 0 Å². The first-order valence-electron chi connectivity index (χ1n) is 7.06. The average Bonchev–Trinajstić information content (AvgIpc) is 2.32. The molecule has 18 heavy (non-hydrogen) atoms. The molecule has 0 aliphatic rings. The molecule has 0 rings (SSSR count). The third-order valence-electron chi connectivity index (χ3n) is 3.53. The zero-order chi connectivity index (χ0) is 14.2. The number of nitrogens with zero attached hydrogens (tertiary/aromatic N) is 1. The van der Waals surface area contributed by atoms with Crippen molar-refractivity contribution in [1.29, 1.82) is 0 Å². The molecule has 0 aromatic heterocycles. The molecule has 0 bridgehead atoms. The van der Waals surface area contributed by atoms with Crippen molar-refractivity contribution >= 4 is 5.97 Å². The molecular weight excluding hydrogens is 228 g/mol. The Balaban J connectivity index is 4.22. The molecule has 4 nitrogen and oxygen atoms in total. The maximum Gasteiger partial charge on any atom is 0.323 e. The lowest BCUT2D eigenvalue weighted by Gasteiger charge is -2.28. The van der Waals surface area contributed by atoms with Crippen LogP contribution in [0.4, 0.5) is 0 Å². The number of likely N-dealkylation sites (N-methyl/N-ethyl adjacent to an activating group) is 1. The van der Waals surface area contributed by atoms with Crippen molar-refractivity contribution in [3.63, 3.8) is 0 Å². The molecule has 0 aliphatic carbocycles. The second kappa shape index (κ2) is 8.48. The van der Waals surface area contributed by atoms with Gasteiger partial charge < -0.3 is 15.3 Å². The second-order valence-electron chi connectivity index (χ2n) is 5.52. The lowest BCUT2D eigenvalue weighted by atomic mass is 9.92. The van der Waals surface area contributed by atoms with Gasteiger partial charge in [-0.25, -0.2) is 0 Å². The zero-order valence-electron chi connectivity index (χ0n) is 12.6. The smallest absolute Gasteiger partial charge is 0.323 e. The fraction of sp³-hybridized carbons (Fsp3) is 0.929. The molecule has 0 heterocycles. The normalized spacial score (nSPS) is 15.1. The van der Waals surface area contributed by atoms with Crippen LogP contribution in [0.1, 0.15) is 47.5 Å². The maximum absolute atomic E-state index is 11.4.